The Morgan fingerprint density at radius 3 is 0.924 bits per heavy atom. The van der Waals surface area contributed by atoms with Crippen molar-refractivity contribution < 1.29 is 28.6 Å². The van der Waals surface area contributed by atoms with Gasteiger partial charge in [0.2, 0.25) is 0 Å². The third-order valence-electron chi connectivity index (χ3n) is 12.2. The van der Waals surface area contributed by atoms with Crippen LogP contribution < -0.4 is 0 Å². The monoisotopic (exact) mass is 923 g/mol. The maximum Gasteiger partial charge on any atom is 0.306 e. The fourth-order valence-electron chi connectivity index (χ4n) is 7.90. The summed E-state index contributed by atoms with van der Waals surface area (Å²) in [5.74, 6) is -0.907. The molecule has 0 fully saturated rings. The molecule has 0 aliphatic heterocycles. The Kier molecular flexibility index (Phi) is 52.3. The zero-order valence-electron chi connectivity index (χ0n) is 43.7. The van der Waals surface area contributed by atoms with E-state index in [9.17, 15) is 14.4 Å². The molecule has 6 heteroatoms. The van der Waals surface area contributed by atoms with E-state index in [1.807, 2.05) is 0 Å². The highest BCUT2D eigenvalue weighted by molar-refractivity contribution is 5.71. The zero-order chi connectivity index (χ0) is 47.9. The summed E-state index contributed by atoms with van der Waals surface area (Å²) in [6.07, 6.45) is 67.7. The van der Waals surface area contributed by atoms with Crippen molar-refractivity contribution in [2.75, 3.05) is 13.2 Å². The van der Waals surface area contributed by atoms with Gasteiger partial charge < -0.3 is 14.2 Å². The lowest BCUT2D eigenvalue weighted by atomic mass is 10.1. The van der Waals surface area contributed by atoms with Crippen LogP contribution in [0.25, 0.3) is 0 Å². The molecule has 66 heavy (non-hydrogen) atoms. The summed E-state index contributed by atoms with van der Waals surface area (Å²) >= 11 is 0. The van der Waals surface area contributed by atoms with Crippen LogP contribution in [0.5, 0.6) is 0 Å². The number of esters is 3. The lowest BCUT2D eigenvalue weighted by Gasteiger charge is -2.18. The first-order chi connectivity index (χ1) is 32.5. The van der Waals surface area contributed by atoms with Gasteiger partial charge >= 0.3 is 17.9 Å². The molecule has 0 bridgehead atoms. The molecule has 0 aliphatic rings. The lowest BCUT2D eigenvalue weighted by molar-refractivity contribution is -0.167. The van der Waals surface area contributed by atoms with Crippen LogP contribution in [0.2, 0.25) is 0 Å². The summed E-state index contributed by atoms with van der Waals surface area (Å²) in [5, 5.41) is 0. The highest BCUT2D eigenvalue weighted by Gasteiger charge is 2.19. The Balaban J connectivity index is 4.38. The fourth-order valence-corrected chi connectivity index (χ4v) is 7.90. The highest BCUT2D eigenvalue weighted by Crippen LogP contribution is 2.15. The molecule has 0 aromatic carbocycles. The van der Waals surface area contributed by atoms with Crippen LogP contribution in [0.3, 0.4) is 0 Å². The second-order valence-corrected chi connectivity index (χ2v) is 18.8. The Morgan fingerprint density at radius 1 is 0.303 bits per heavy atom. The Labute approximate surface area is 409 Å². The maximum atomic E-state index is 12.8. The SMILES string of the molecule is CCCC/C=C/C/C=C/CCCCCCCC(=O)OC[C@H](COC(=O)CCCCCCCCCCC/C=C/CCCCCCCC)OC(=O)CCCCCCC/C=C/C/C=C/CCCCC. The molecule has 0 aromatic rings. The molecule has 382 valence electrons. The molecule has 0 aliphatic carbocycles. The maximum absolute atomic E-state index is 12.8. The molecule has 6 nitrogen and oxygen atoms in total. The number of allylic oxidation sites excluding steroid dienone is 10. The third kappa shape index (κ3) is 52.1. The summed E-state index contributed by atoms with van der Waals surface area (Å²) < 4.78 is 16.8. The van der Waals surface area contributed by atoms with Gasteiger partial charge in [0.15, 0.2) is 6.10 Å². The predicted octanol–water partition coefficient (Wildman–Crippen LogP) is 18.8. The van der Waals surface area contributed by atoms with E-state index in [0.717, 1.165) is 103 Å². The number of ether oxygens (including phenoxy) is 3. The van der Waals surface area contributed by atoms with Crippen LogP contribution in [-0.2, 0) is 28.6 Å². The van der Waals surface area contributed by atoms with Crippen LogP contribution in [0.1, 0.15) is 284 Å². The van der Waals surface area contributed by atoms with E-state index in [2.05, 4.69) is 81.5 Å². The minimum Gasteiger partial charge on any atom is -0.462 e. The molecule has 0 N–H and O–H groups in total. The fraction of sp³-hybridized carbons (Fsp3) is 0.783. The Hall–Kier alpha value is -2.89. The molecule has 0 spiro atoms. The Bertz CT molecular complexity index is 1200. The van der Waals surface area contributed by atoms with Crippen molar-refractivity contribution in [2.45, 2.75) is 290 Å². The summed E-state index contributed by atoms with van der Waals surface area (Å²) in [6.45, 7) is 6.56. The van der Waals surface area contributed by atoms with Gasteiger partial charge in [0.25, 0.3) is 0 Å². The zero-order valence-corrected chi connectivity index (χ0v) is 43.7. The normalized spacial score (nSPS) is 12.5. The number of unbranched alkanes of at least 4 members (excludes halogenated alkanes) is 30. The van der Waals surface area contributed by atoms with Gasteiger partial charge in [0.1, 0.15) is 13.2 Å². The van der Waals surface area contributed by atoms with Gasteiger partial charge in [-0.3, -0.25) is 14.4 Å². The highest BCUT2D eigenvalue weighted by atomic mass is 16.6. The standard InChI is InChI=1S/C60H106O6/c1-4-7-10-13-16-19-22-25-28-29-30-31-33-35-38-41-44-47-50-53-59(62)65-56-57(55-64-58(61)52-49-46-43-40-37-34-27-24-21-18-15-12-9-6-3)66-60(63)54-51-48-45-42-39-36-32-26-23-20-17-14-11-8-5-2/h15,17-18,20,24-28,32,57H,4-14,16,19,21-23,29-31,33-56H2,1-3H3/b18-15+,20-17+,27-24+,28-25+,32-26+/t57-/m1/s1. The number of hydrogen-bond donors (Lipinski definition) is 0. The first-order valence-corrected chi connectivity index (χ1v) is 28.3. The van der Waals surface area contributed by atoms with E-state index in [4.69, 9.17) is 14.2 Å². The van der Waals surface area contributed by atoms with Crippen molar-refractivity contribution in [1.29, 1.82) is 0 Å². The third-order valence-corrected chi connectivity index (χ3v) is 12.2. The molecular formula is C60H106O6. The molecule has 0 saturated carbocycles. The van der Waals surface area contributed by atoms with Crippen molar-refractivity contribution in [3.05, 3.63) is 60.8 Å². The first kappa shape index (κ1) is 63.1. The second-order valence-electron chi connectivity index (χ2n) is 18.8. The van der Waals surface area contributed by atoms with E-state index in [1.54, 1.807) is 0 Å². The number of hydrogen-bond acceptors (Lipinski definition) is 6. The van der Waals surface area contributed by atoms with Crippen molar-refractivity contribution >= 4 is 17.9 Å². The topological polar surface area (TPSA) is 78.9 Å². The molecule has 0 aromatic heterocycles. The van der Waals surface area contributed by atoms with Crippen molar-refractivity contribution in [2.24, 2.45) is 0 Å². The smallest absolute Gasteiger partial charge is 0.306 e. The van der Waals surface area contributed by atoms with E-state index >= 15 is 0 Å². The van der Waals surface area contributed by atoms with Crippen LogP contribution in [0.4, 0.5) is 0 Å². The Morgan fingerprint density at radius 2 is 0.561 bits per heavy atom. The van der Waals surface area contributed by atoms with Gasteiger partial charge in [-0.25, -0.2) is 0 Å². The predicted molar refractivity (Wildman–Crippen MR) is 284 cm³/mol. The van der Waals surface area contributed by atoms with E-state index in [0.29, 0.717) is 19.3 Å². The van der Waals surface area contributed by atoms with Crippen molar-refractivity contribution in [3.8, 4) is 0 Å². The molecule has 0 radical (unpaired) electrons. The number of carbonyl (C=O) groups excluding carboxylic acids is 3. The largest absolute Gasteiger partial charge is 0.462 e. The summed E-state index contributed by atoms with van der Waals surface area (Å²) in [4.78, 5) is 38.1. The van der Waals surface area contributed by atoms with E-state index in [-0.39, 0.29) is 31.1 Å². The molecule has 1 atom stereocenters. The van der Waals surface area contributed by atoms with Crippen LogP contribution in [0.15, 0.2) is 60.8 Å². The van der Waals surface area contributed by atoms with Crippen LogP contribution >= 0.6 is 0 Å². The molecule has 0 amide bonds. The summed E-state index contributed by atoms with van der Waals surface area (Å²) in [7, 11) is 0. The second kappa shape index (κ2) is 54.7. The minimum atomic E-state index is -0.788. The van der Waals surface area contributed by atoms with Gasteiger partial charge in [-0.15, -0.1) is 0 Å². The number of rotatable bonds is 51. The van der Waals surface area contributed by atoms with Gasteiger partial charge in [-0.05, 0) is 103 Å². The van der Waals surface area contributed by atoms with Crippen LogP contribution in [0, 0.1) is 0 Å². The van der Waals surface area contributed by atoms with Crippen molar-refractivity contribution in [3.63, 3.8) is 0 Å². The van der Waals surface area contributed by atoms with Gasteiger partial charge in [0, 0.05) is 19.3 Å². The molecule has 0 rings (SSSR count). The molecular weight excluding hydrogens is 817 g/mol. The van der Waals surface area contributed by atoms with Gasteiger partial charge in [-0.1, -0.05) is 223 Å². The summed E-state index contributed by atoms with van der Waals surface area (Å²) in [5.41, 5.74) is 0. The van der Waals surface area contributed by atoms with Gasteiger partial charge in [0.05, 0.1) is 0 Å². The first-order valence-electron chi connectivity index (χ1n) is 28.3. The average Bonchev–Trinajstić information content (AvgIpc) is 3.31. The molecule has 0 unspecified atom stereocenters. The molecule has 0 heterocycles. The molecule has 0 saturated heterocycles. The minimum absolute atomic E-state index is 0.0848. The summed E-state index contributed by atoms with van der Waals surface area (Å²) in [6, 6.07) is 0. The van der Waals surface area contributed by atoms with Gasteiger partial charge in [-0.2, -0.15) is 0 Å². The van der Waals surface area contributed by atoms with E-state index < -0.39 is 6.10 Å². The average molecular weight is 924 g/mol. The van der Waals surface area contributed by atoms with Crippen LogP contribution in [-0.4, -0.2) is 37.2 Å². The van der Waals surface area contributed by atoms with E-state index in [1.165, 1.54) is 141 Å². The van der Waals surface area contributed by atoms with Crippen molar-refractivity contribution in [1.82, 2.24) is 0 Å². The quantitative estimate of drug-likeness (QED) is 0.0262. The number of carbonyl (C=O) groups is 3. The lowest BCUT2D eigenvalue weighted by Crippen LogP contribution is -2.30.